The zero-order valence-electron chi connectivity index (χ0n) is 7.70. The fraction of sp³-hybridized carbons (Fsp3) is 0.222. The SMILES string of the molecule is CCSc1ccc(Br)cc1/C(N)=N/O. The highest BCUT2D eigenvalue weighted by atomic mass is 79.9. The number of amidine groups is 1. The van der Waals surface area contributed by atoms with Gasteiger partial charge in [-0.2, -0.15) is 0 Å². The van der Waals surface area contributed by atoms with Crippen LogP contribution in [-0.4, -0.2) is 16.8 Å². The molecule has 0 amide bonds. The van der Waals surface area contributed by atoms with Crippen molar-refractivity contribution in [2.24, 2.45) is 10.9 Å². The second kappa shape index (κ2) is 5.26. The van der Waals surface area contributed by atoms with E-state index in [1.165, 1.54) is 0 Å². The van der Waals surface area contributed by atoms with Crippen molar-refractivity contribution in [2.75, 3.05) is 5.75 Å². The van der Waals surface area contributed by atoms with Crippen molar-refractivity contribution in [3.8, 4) is 0 Å². The Labute approximate surface area is 95.5 Å². The molecule has 3 N–H and O–H groups in total. The van der Waals surface area contributed by atoms with Crippen LogP contribution in [0.3, 0.4) is 0 Å². The molecule has 5 heteroatoms. The summed E-state index contributed by atoms with van der Waals surface area (Å²) >= 11 is 5.00. The number of nitrogens with two attached hydrogens (primary N) is 1. The smallest absolute Gasteiger partial charge is 0.171 e. The van der Waals surface area contributed by atoms with Crippen LogP contribution in [0.1, 0.15) is 12.5 Å². The van der Waals surface area contributed by atoms with Gasteiger partial charge in [-0.25, -0.2) is 0 Å². The van der Waals surface area contributed by atoms with Crippen molar-refractivity contribution in [2.45, 2.75) is 11.8 Å². The van der Waals surface area contributed by atoms with Crippen molar-refractivity contribution < 1.29 is 5.21 Å². The first-order chi connectivity index (χ1) is 6.69. The van der Waals surface area contributed by atoms with Crippen molar-refractivity contribution in [3.63, 3.8) is 0 Å². The largest absolute Gasteiger partial charge is 0.409 e. The van der Waals surface area contributed by atoms with Gasteiger partial charge in [0.25, 0.3) is 0 Å². The van der Waals surface area contributed by atoms with Gasteiger partial charge in [0.2, 0.25) is 0 Å². The fourth-order valence-corrected chi connectivity index (χ4v) is 2.19. The van der Waals surface area contributed by atoms with Crippen LogP contribution >= 0.6 is 27.7 Å². The number of benzene rings is 1. The third-order valence-electron chi connectivity index (χ3n) is 1.63. The second-order valence-electron chi connectivity index (χ2n) is 2.56. The maximum absolute atomic E-state index is 8.61. The third-order valence-corrected chi connectivity index (χ3v) is 3.07. The summed E-state index contributed by atoms with van der Waals surface area (Å²) < 4.78 is 0.916. The molecule has 1 rings (SSSR count). The minimum atomic E-state index is 0.141. The van der Waals surface area contributed by atoms with Crippen LogP contribution in [0.15, 0.2) is 32.7 Å². The molecule has 1 aromatic rings. The highest BCUT2D eigenvalue weighted by Gasteiger charge is 2.07. The molecular weight excluding hydrogens is 264 g/mol. The summed E-state index contributed by atoms with van der Waals surface area (Å²) in [7, 11) is 0. The highest BCUT2D eigenvalue weighted by molar-refractivity contribution is 9.10. The van der Waals surface area contributed by atoms with Gasteiger partial charge in [0.15, 0.2) is 5.84 Å². The quantitative estimate of drug-likeness (QED) is 0.293. The normalized spacial score (nSPS) is 11.7. The summed E-state index contributed by atoms with van der Waals surface area (Å²) in [5, 5.41) is 11.6. The maximum atomic E-state index is 8.61. The predicted octanol–water partition coefficient (Wildman–Crippen LogP) is 2.66. The van der Waals surface area contributed by atoms with E-state index in [9.17, 15) is 0 Å². The minimum absolute atomic E-state index is 0.141. The number of halogens is 1. The van der Waals surface area contributed by atoms with Gasteiger partial charge < -0.3 is 10.9 Å². The molecule has 0 bridgehead atoms. The second-order valence-corrected chi connectivity index (χ2v) is 4.78. The first kappa shape index (κ1) is 11.4. The molecule has 0 aromatic heterocycles. The number of rotatable bonds is 3. The fourth-order valence-electron chi connectivity index (χ4n) is 1.04. The maximum Gasteiger partial charge on any atom is 0.171 e. The van der Waals surface area contributed by atoms with E-state index in [0.717, 1.165) is 20.7 Å². The van der Waals surface area contributed by atoms with Gasteiger partial charge in [0.05, 0.1) is 0 Å². The number of thioether (sulfide) groups is 1. The van der Waals surface area contributed by atoms with Crippen LogP contribution in [0.5, 0.6) is 0 Å². The van der Waals surface area contributed by atoms with Gasteiger partial charge >= 0.3 is 0 Å². The standard InChI is InChI=1S/C9H11BrN2OS/c1-2-14-8-4-3-6(10)5-7(8)9(11)12-13/h3-5,13H,2H2,1H3,(H2,11,12). The van der Waals surface area contributed by atoms with E-state index in [1.54, 1.807) is 11.8 Å². The number of hydrogen-bond donors (Lipinski definition) is 2. The summed E-state index contributed by atoms with van der Waals surface area (Å²) in [6.07, 6.45) is 0. The van der Waals surface area contributed by atoms with Gasteiger partial charge in [0.1, 0.15) is 0 Å². The zero-order valence-corrected chi connectivity index (χ0v) is 10.1. The Morgan fingerprint density at radius 2 is 2.36 bits per heavy atom. The Kier molecular flexibility index (Phi) is 4.28. The Morgan fingerprint density at radius 1 is 1.64 bits per heavy atom. The topological polar surface area (TPSA) is 58.6 Å². The van der Waals surface area contributed by atoms with Crippen LogP contribution in [0, 0.1) is 0 Å². The molecule has 0 radical (unpaired) electrons. The molecule has 1 aromatic carbocycles. The lowest BCUT2D eigenvalue weighted by Gasteiger charge is -2.06. The predicted molar refractivity (Wildman–Crippen MR) is 63.1 cm³/mol. The van der Waals surface area contributed by atoms with Crippen molar-refractivity contribution in [1.82, 2.24) is 0 Å². The molecule has 0 saturated carbocycles. The van der Waals surface area contributed by atoms with Gasteiger partial charge in [-0.05, 0) is 24.0 Å². The first-order valence-corrected chi connectivity index (χ1v) is 5.87. The van der Waals surface area contributed by atoms with E-state index in [4.69, 9.17) is 10.9 Å². The molecule has 0 atom stereocenters. The molecule has 76 valence electrons. The average molecular weight is 275 g/mol. The summed E-state index contributed by atoms with van der Waals surface area (Å²) in [5.41, 5.74) is 6.32. The van der Waals surface area contributed by atoms with E-state index in [2.05, 4.69) is 28.0 Å². The Balaban J connectivity index is 3.15. The van der Waals surface area contributed by atoms with E-state index < -0.39 is 0 Å². The van der Waals surface area contributed by atoms with Crippen LogP contribution in [0.2, 0.25) is 0 Å². The molecule has 0 saturated heterocycles. The summed E-state index contributed by atoms with van der Waals surface area (Å²) in [4.78, 5) is 1.02. The van der Waals surface area contributed by atoms with Crippen molar-refractivity contribution in [3.05, 3.63) is 28.2 Å². The lowest BCUT2D eigenvalue weighted by Crippen LogP contribution is -2.14. The third kappa shape index (κ3) is 2.65. The lowest BCUT2D eigenvalue weighted by molar-refractivity contribution is 0.318. The van der Waals surface area contributed by atoms with Gasteiger partial charge in [-0.15, -0.1) is 11.8 Å². The van der Waals surface area contributed by atoms with Gasteiger partial charge in [-0.3, -0.25) is 0 Å². The first-order valence-electron chi connectivity index (χ1n) is 4.09. The molecule has 0 fully saturated rings. The van der Waals surface area contributed by atoms with Crippen LogP contribution in [-0.2, 0) is 0 Å². The number of oxime groups is 1. The Morgan fingerprint density at radius 3 is 2.93 bits per heavy atom. The molecule has 3 nitrogen and oxygen atoms in total. The van der Waals surface area contributed by atoms with Crippen molar-refractivity contribution >= 4 is 33.5 Å². The summed E-state index contributed by atoms with van der Waals surface area (Å²) in [5.74, 6) is 1.09. The molecule has 0 aliphatic carbocycles. The number of hydrogen-bond acceptors (Lipinski definition) is 3. The van der Waals surface area contributed by atoms with Crippen LogP contribution in [0.25, 0.3) is 0 Å². The molecule has 0 aliphatic rings. The molecule has 0 unspecified atom stereocenters. The van der Waals surface area contributed by atoms with Crippen molar-refractivity contribution in [1.29, 1.82) is 0 Å². The Bertz CT molecular complexity index is 355. The Hall–Kier alpha value is -0.680. The lowest BCUT2D eigenvalue weighted by atomic mass is 10.2. The van der Waals surface area contributed by atoms with Gasteiger partial charge in [0, 0.05) is 14.9 Å². The summed E-state index contributed by atoms with van der Waals surface area (Å²) in [6, 6.07) is 5.73. The molecule has 14 heavy (non-hydrogen) atoms. The monoisotopic (exact) mass is 274 g/mol. The van der Waals surface area contributed by atoms with E-state index in [1.807, 2.05) is 18.2 Å². The average Bonchev–Trinajstić information content (AvgIpc) is 2.20. The van der Waals surface area contributed by atoms with Gasteiger partial charge in [-0.1, -0.05) is 28.0 Å². The molecule has 0 spiro atoms. The molecule has 0 aliphatic heterocycles. The van der Waals surface area contributed by atoms with E-state index in [0.29, 0.717) is 0 Å². The highest BCUT2D eigenvalue weighted by Crippen LogP contribution is 2.25. The summed E-state index contributed by atoms with van der Waals surface area (Å²) in [6.45, 7) is 2.06. The zero-order chi connectivity index (χ0) is 10.6. The van der Waals surface area contributed by atoms with E-state index >= 15 is 0 Å². The molecule has 0 heterocycles. The van der Waals surface area contributed by atoms with Crippen LogP contribution in [0.4, 0.5) is 0 Å². The van der Waals surface area contributed by atoms with Crippen LogP contribution < -0.4 is 5.73 Å². The molecular formula is C9H11BrN2OS. The van der Waals surface area contributed by atoms with E-state index in [-0.39, 0.29) is 5.84 Å². The number of nitrogens with zero attached hydrogens (tertiary/aromatic N) is 1. The minimum Gasteiger partial charge on any atom is -0.409 e.